The van der Waals surface area contributed by atoms with E-state index in [1.54, 1.807) is 20.3 Å². The fourth-order valence-electron chi connectivity index (χ4n) is 1.30. The monoisotopic (exact) mass is 315 g/mol. The first-order chi connectivity index (χ1) is 7.08. The first-order valence-corrected chi connectivity index (χ1v) is 5.52. The molecule has 15 heavy (non-hydrogen) atoms. The van der Waals surface area contributed by atoms with E-state index < -0.39 is 0 Å². The lowest BCUT2D eigenvalue weighted by molar-refractivity contribution is 0.0822. The number of fused-ring (bicyclic) bond motifs is 1. The Morgan fingerprint density at radius 3 is 2.80 bits per heavy atom. The first-order valence-electron chi connectivity index (χ1n) is 4.44. The molecule has 0 N–H and O–H groups in total. The molecule has 0 unspecified atom stereocenters. The molecule has 2 aromatic heterocycles. The van der Waals surface area contributed by atoms with Crippen molar-refractivity contribution in [1.29, 1.82) is 0 Å². The third kappa shape index (κ3) is 1.97. The van der Waals surface area contributed by atoms with Gasteiger partial charge in [0, 0.05) is 30.1 Å². The average molecular weight is 315 g/mol. The highest BCUT2D eigenvalue weighted by atomic mass is 127. The third-order valence-electron chi connectivity index (χ3n) is 2.04. The Labute approximate surface area is 101 Å². The van der Waals surface area contributed by atoms with Crippen LogP contribution in [0, 0.1) is 3.57 Å². The van der Waals surface area contributed by atoms with E-state index in [9.17, 15) is 4.79 Å². The van der Waals surface area contributed by atoms with Gasteiger partial charge in [-0.15, -0.1) is 0 Å². The maximum Gasteiger partial charge on any atom is 0.273 e. The molecule has 0 aromatic carbocycles. The van der Waals surface area contributed by atoms with Crippen LogP contribution in [0.1, 0.15) is 10.5 Å². The topological polar surface area (TPSA) is 37.6 Å². The molecule has 0 saturated heterocycles. The van der Waals surface area contributed by atoms with Gasteiger partial charge in [-0.05, 0) is 34.7 Å². The lowest BCUT2D eigenvalue weighted by Gasteiger charge is -2.06. The van der Waals surface area contributed by atoms with Gasteiger partial charge in [0.15, 0.2) is 0 Å². The van der Waals surface area contributed by atoms with E-state index >= 15 is 0 Å². The quantitative estimate of drug-likeness (QED) is 0.751. The number of carbonyl (C=O) groups is 1. The van der Waals surface area contributed by atoms with Gasteiger partial charge in [-0.1, -0.05) is 0 Å². The zero-order valence-corrected chi connectivity index (χ0v) is 10.6. The molecular weight excluding hydrogens is 305 g/mol. The van der Waals surface area contributed by atoms with E-state index in [1.165, 1.54) is 4.90 Å². The van der Waals surface area contributed by atoms with Crippen molar-refractivity contribution in [3.05, 3.63) is 33.8 Å². The number of hydrogen-bond donors (Lipinski definition) is 0. The Morgan fingerprint density at radius 2 is 2.13 bits per heavy atom. The van der Waals surface area contributed by atoms with Gasteiger partial charge < -0.3 is 9.30 Å². The molecule has 0 radical (unpaired) electrons. The van der Waals surface area contributed by atoms with E-state index in [0.29, 0.717) is 5.69 Å². The summed E-state index contributed by atoms with van der Waals surface area (Å²) in [5.41, 5.74) is 1.27. The highest BCUT2D eigenvalue weighted by Gasteiger charge is 2.12. The van der Waals surface area contributed by atoms with E-state index in [1.807, 2.05) is 22.7 Å². The highest BCUT2D eigenvalue weighted by Crippen LogP contribution is 2.10. The van der Waals surface area contributed by atoms with Gasteiger partial charge in [0.1, 0.15) is 11.3 Å². The van der Waals surface area contributed by atoms with Gasteiger partial charge in [0.2, 0.25) is 0 Å². The Hall–Kier alpha value is -1.11. The van der Waals surface area contributed by atoms with Gasteiger partial charge in [0.05, 0.1) is 0 Å². The molecule has 0 aliphatic heterocycles. The number of halogens is 1. The van der Waals surface area contributed by atoms with Crippen LogP contribution >= 0.6 is 22.6 Å². The summed E-state index contributed by atoms with van der Waals surface area (Å²) in [6.45, 7) is 0. The number of carbonyl (C=O) groups excluding carboxylic acids is 1. The molecule has 0 spiro atoms. The van der Waals surface area contributed by atoms with E-state index in [-0.39, 0.29) is 5.91 Å². The van der Waals surface area contributed by atoms with Crippen LogP contribution in [0.2, 0.25) is 0 Å². The van der Waals surface area contributed by atoms with Crippen molar-refractivity contribution >= 4 is 34.1 Å². The third-order valence-corrected chi connectivity index (χ3v) is 2.68. The van der Waals surface area contributed by atoms with Crippen LogP contribution in [-0.2, 0) is 0 Å². The molecule has 0 aliphatic carbocycles. The maximum absolute atomic E-state index is 11.6. The van der Waals surface area contributed by atoms with Crippen LogP contribution in [-0.4, -0.2) is 34.3 Å². The van der Waals surface area contributed by atoms with Gasteiger partial charge in [-0.2, -0.15) is 0 Å². The molecule has 4 nitrogen and oxygen atoms in total. The van der Waals surface area contributed by atoms with E-state index in [0.717, 1.165) is 9.22 Å². The minimum atomic E-state index is -0.0753. The molecule has 2 heterocycles. The van der Waals surface area contributed by atoms with Crippen molar-refractivity contribution in [3.8, 4) is 0 Å². The van der Waals surface area contributed by atoms with Crippen molar-refractivity contribution in [2.45, 2.75) is 0 Å². The Kier molecular flexibility index (Phi) is 2.64. The number of rotatable bonds is 1. The van der Waals surface area contributed by atoms with Crippen molar-refractivity contribution in [3.63, 3.8) is 0 Å². The second-order valence-corrected chi connectivity index (χ2v) is 4.68. The van der Waals surface area contributed by atoms with Crippen LogP contribution in [0.4, 0.5) is 0 Å². The second-order valence-electron chi connectivity index (χ2n) is 3.44. The molecule has 0 bridgehead atoms. The number of imidazole rings is 1. The van der Waals surface area contributed by atoms with Gasteiger partial charge in [-0.3, -0.25) is 4.79 Å². The molecule has 2 rings (SSSR count). The van der Waals surface area contributed by atoms with Crippen molar-refractivity contribution in [1.82, 2.24) is 14.3 Å². The minimum absolute atomic E-state index is 0.0753. The number of pyridine rings is 1. The van der Waals surface area contributed by atoms with Crippen LogP contribution < -0.4 is 0 Å². The van der Waals surface area contributed by atoms with Crippen LogP contribution in [0.15, 0.2) is 24.5 Å². The smallest absolute Gasteiger partial charge is 0.273 e. The predicted molar refractivity (Wildman–Crippen MR) is 65.9 cm³/mol. The fraction of sp³-hybridized carbons (Fsp3) is 0.200. The molecule has 0 aliphatic rings. The summed E-state index contributed by atoms with van der Waals surface area (Å²) < 4.78 is 2.97. The average Bonchev–Trinajstić information content (AvgIpc) is 2.58. The molecule has 5 heteroatoms. The largest absolute Gasteiger partial charge is 0.343 e. The standard InChI is InChI=1S/C10H10IN3O/c1-13(2)10(15)8-6-14-5-7(11)3-4-9(14)12-8/h3-6H,1-2H3. The normalized spacial score (nSPS) is 10.6. The Morgan fingerprint density at radius 1 is 1.40 bits per heavy atom. The van der Waals surface area contributed by atoms with Gasteiger partial charge in [-0.25, -0.2) is 4.98 Å². The van der Waals surface area contributed by atoms with E-state index in [4.69, 9.17) is 0 Å². The molecule has 0 fully saturated rings. The minimum Gasteiger partial charge on any atom is -0.343 e. The molecule has 1 amide bonds. The van der Waals surface area contributed by atoms with Crippen molar-refractivity contribution in [2.24, 2.45) is 0 Å². The number of nitrogens with zero attached hydrogens (tertiary/aromatic N) is 3. The fourth-order valence-corrected chi connectivity index (χ4v) is 1.78. The van der Waals surface area contributed by atoms with Crippen molar-refractivity contribution < 1.29 is 4.79 Å². The number of hydrogen-bond acceptors (Lipinski definition) is 2. The highest BCUT2D eigenvalue weighted by molar-refractivity contribution is 14.1. The van der Waals surface area contributed by atoms with Crippen LogP contribution in [0.5, 0.6) is 0 Å². The zero-order chi connectivity index (χ0) is 11.0. The predicted octanol–water partition coefficient (Wildman–Crippen LogP) is 1.64. The summed E-state index contributed by atoms with van der Waals surface area (Å²) in [7, 11) is 3.44. The molecule has 0 saturated carbocycles. The van der Waals surface area contributed by atoms with Gasteiger partial charge in [0.25, 0.3) is 5.91 Å². The van der Waals surface area contributed by atoms with Crippen molar-refractivity contribution in [2.75, 3.05) is 14.1 Å². The zero-order valence-electron chi connectivity index (χ0n) is 8.44. The summed E-state index contributed by atoms with van der Waals surface area (Å²) in [6.07, 6.45) is 3.69. The Bertz CT molecular complexity index is 518. The van der Waals surface area contributed by atoms with Crippen LogP contribution in [0.3, 0.4) is 0 Å². The summed E-state index contributed by atoms with van der Waals surface area (Å²) in [4.78, 5) is 17.4. The SMILES string of the molecule is CN(C)C(=O)c1cn2cc(I)ccc2n1. The summed E-state index contributed by atoms with van der Waals surface area (Å²) in [5, 5.41) is 0. The van der Waals surface area contributed by atoms with Gasteiger partial charge >= 0.3 is 0 Å². The summed E-state index contributed by atoms with van der Waals surface area (Å²) >= 11 is 2.22. The maximum atomic E-state index is 11.6. The molecular formula is C10H10IN3O. The first kappa shape index (κ1) is 10.4. The van der Waals surface area contributed by atoms with Crippen LogP contribution in [0.25, 0.3) is 5.65 Å². The lowest BCUT2D eigenvalue weighted by Crippen LogP contribution is -2.21. The second kappa shape index (κ2) is 3.80. The number of amides is 1. The molecule has 2 aromatic rings. The summed E-state index contributed by atoms with van der Waals surface area (Å²) in [6, 6.07) is 3.86. The molecule has 78 valence electrons. The van der Waals surface area contributed by atoms with E-state index in [2.05, 4.69) is 27.6 Å². The Balaban J connectivity index is 2.52. The summed E-state index contributed by atoms with van der Waals surface area (Å²) in [5.74, 6) is -0.0753. The number of aromatic nitrogens is 2. The molecule has 0 atom stereocenters. The lowest BCUT2D eigenvalue weighted by atomic mass is 10.4.